The molecule has 154 valence electrons. The van der Waals surface area contributed by atoms with Gasteiger partial charge in [0.1, 0.15) is 5.82 Å². The maximum atomic E-state index is 13.5. The van der Waals surface area contributed by atoms with Crippen molar-refractivity contribution in [3.05, 3.63) is 52.4 Å². The Kier molecular flexibility index (Phi) is 6.11. The summed E-state index contributed by atoms with van der Waals surface area (Å²) in [6.45, 7) is 1.96. The number of hydrogen-bond acceptors (Lipinski definition) is 4. The summed E-state index contributed by atoms with van der Waals surface area (Å²) in [5.41, 5.74) is -4.31. The lowest BCUT2D eigenvalue weighted by Gasteiger charge is -2.35. The van der Waals surface area contributed by atoms with Gasteiger partial charge in [-0.1, -0.05) is 11.6 Å². The fourth-order valence-electron chi connectivity index (χ4n) is 2.47. The average Bonchev–Trinajstić information content (AvgIpc) is 2.61. The summed E-state index contributed by atoms with van der Waals surface area (Å²) in [7, 11) is 3.49. The van der Waals surface area contributed by atoms with Crippen LogP contribution in [-0.4, -0.2) is 47.0 Å². The molecule has 4 nitrogen and oxygen atoms in total. The normalized spacial score (nSPS) is 15.0. The lowest BCUT2D eigenvalue weighted by molar-refractivity contribution is -0.279. The molecule has 0 saturated carbocycles. The Balaban J connectivity index is 2.81. The monoisotopic (exact) mass is 420 g/mol. The molecule has 0 aliphatic heterocycles. The van der Waals surface area contributed by atoms with Gasteiger partial charge >= 0.3 is 6.18 Å². The first-order chi connectivity index (χ1) is 12.7. The fourth-order valence-corrected chi connectivity index (χ4v) is 2.65. The average molecular weight is 421 g/mol. The van der Waals surface area contributed by atoms with Crippen LogP contribution in [0.5, 0.6) is 0 Å². The molecule has 0 radical (unpaired) electrons. The highest BCUT2D eigenvalue weighted by Gasteiger charge is 2.56. The van der Waals surface area contributed by atoms with Crippen molar-refractivity contribution in [1.82, 2.24) is 9.88 Å². The van der Waals surface area contributed by atoms with Crippen molar-refractivity contribution in [2.75, 3.05) is 20.7 Å². The number of rotatable bonds is 5. The molecule has 0 saturated heterocycles. The van der Waals surface area contributed by atoms with Gasteiger partial charge < -0.3 is 15.1 Å². The van der Waals surface area contributed by atoms with E-state index < -0.39 is 35.4 Å². The van der Waals surface area contributed by atoms with Crippen molar-refractivity contribution in [2.24, 2.45) is 0 Å². The van der Waals surface area contributed by atoms with E-state index in [0.717, 1.165) is 12.1 Å². The number of aliphatic hydroxyl groups excluding tert-OH is 1. The van der Waals surface area contributed by atoms with Crippen LogP contribution in [-0.2, 0) is 11.1 Å². The molecule has 2 rings (SSSR count). The third kappa shape index (κ3) is 4.00. The van der Waals surface area contributed by atoms with Gasteiger partial charge in [0.2, 0.25) is 5.60 Å². The van der Waals surface area contributed by atoms with Crippen LogP contribution >= 0.6 is 11.6 Å². The van der Waals surface area contributed by atoms with Crippen LogP contribution in [0.4, 0.5) is 17.6 Å². The van der Waals surface area contributed by atoms with Crippen LogP contribution in [0.25, 0.3) is 11.3 Å². The summed E-state index contributed by atoms with van der Waals surface area (Å²) in [5, 5.41) is 19.3. The maximum absolute atomic E-state index is 13.5. The lowest BCUT2D eigenvalue weighted by atomic mass is 9.88. The largest absolute Gasteiger partial charge is 0.425 e. The van der Waals surface area contributed by atoms with Crippen LogP contribution in [0.3, 0.4) is 0 Å². The van der Waals surface area contributed by atoms with Crippen LogP contribution in [0.15, 0.2) is 30.3 Å². The number of aromatic nitrogens is 1. The minimum Gasteiger partial charge on any atom is -0.393 e. The second-order valence-corrected chi connectivity index (χ2v) is 7.63. The van der Waals surface area contributed by atoms with Crippen molar-refractivity contribution >= 4 is 11.6 Å². The Morgan fingerprint density at radius 1 is 1.11 bits per heavy atom. The Morgan fingerprint density at radius 3 is 2.18 bits per heavy atom. The van der Waals surface area contributed by atoms with Gasteiger partial charge in [-0.05, 0) is 63.8 Å². The molecule has 2 N–H and O–H groups in total. The number of nitrogens with zero attached hydrogens (tertiary/aromatic N) is 2. The third-order valence-electron chi connectivity index (χ3n) is 4.99. The molecule has 1 unspecified atom stereocenters. The van der Waals surface area contributed by atoms with E-state index in [1.807, 2.05) is 0 Å². The zero-order valence-corrected chi connectivity index (χ0v) is 16.5. The molecule has 28 heavy (non-hydrogen) atoms. The van der Waals surface area contributed by atoms with E-state index in [1.54, 1.807) is 38.9 Å². The molecule has 2 aromatic rings. The number of halogens is 5. The zero-order valence-electron chi connectivity index (χ0n) is 15.8. The van der Waals surface area contributed by atoms with Gasteiger partial charge in [0.15, 0.2) is 0 Å². The highest BCUT2D eigenvalue weighted by molar-refractivity contribution is 6.31. The molecule has 0 aliphatic rings. The van der Waals surface area contributed by atoms with Gasteiger partial charge in [-0.15, -0.1) is 0 Å². The van der Waals surface area contributed by atoms with Crippen LogP contribution in [0.1, 0.15) is 25.1 Å². The topological polar surface area (TPSA) is 56.6 Å². The molecule has 1 heterocycles. The Hall–Kier alpha value is -1.74. The van der Waals surface area contributed by atoms with Crippen molar-refractivity contribution in [2.45, 2.75) is 31.2 Å². The molecule has 0 amide bonds. The van der Waals surface area contributed by atoms with Crippen LogP contribution in [0.2, 0.25) is 5.02 Å². The highest BCUT2D eigenvalue weighted by Crippen LogP contribution is 2.40. The van der Waals surface area contributed by atoms with Crippen molar-refractivity contribution in [1.29, 1.82) is 0 Å². The van der Waals surface area contributed by atoms with Crippen molar-refractivity contribution in [3.63, 3.8) is 0 Å². The smallest absolute Gasteiger partial charge is 0.393 e. The first-order valence-corrected chi connectivity index (χ1v) is 8.67. The number of aliphatic hydroxyl groups is 2. The summed E-state index contributed by atoms with van der Waals surface area (Å²) in [5.74, 6) is -0.683. The van der Waals surface area contributed by atoms with Gasteiger partial charge in [0.05, 0.1) is 23.0 Å². The molecule has 0 spiro atoms. The highest BCUT2D eigenvalue weighted by atomic mass is 35.5. The van der Waals surface area contributed by atoms with E-state index in [2.05, 4.69) is 4.98 Å². The van der Waals surface area contributed by atoms with Gasteiger partial charge in [-0.25, -0.2) is 9.37 Å². The Labute approximate surface area is 165 Å². The van der Waals surface area contributed by atoms with E-state index in [9.17, 15) is 27.8 Å². The van der Waals surface area contributed by atoms with Gasteiger partial charge in [0, 0.05) is 11.1 Å². The van der Waals surface area contributed by atoms with Gasteiger partial charge in [0.25, 0.3) is 0 Å². The first kappa shape index (κ1) is 22.5. The first-order valence-electron chi connectivity index (χ1n) is 8.30. The maximum Gasteiger partial charge on any atom is 0.425 e. The molecule has 0 fully saturated rings. The molecule has 1 aromatic carbocycles. The quantitative estimate of drug-likeness (QED) is 0.716. The predicted molar refractivity (Wildman–Crippen MR) is 98.4 cm³/mol. The molecule has 1 atom stereocenters. The zero-order chi connectivity index (χ0) is 21.5. The number of pyridine rings is 1. The third-order valence-corrected chi connectivity index (χ3v) is 5.28. The minimum atomic E-state index is -5.16. The fraction of sp³-hybridized carbons (Fsp3) is 0.421. The van der Waals surface area contributed by atoms with Crippen molar-refractivity contribution in [3.8, 4) is 11.3 Å². The molecule has 1 aromatic heterocycles. The van der Waals surface area contributed by atoms with E-state index >= 15 is 0 Å². The summed E-state index contributed by atoms with van der Waals surface area (Å²) in [6.07, 6.45) is -5.16. The molecule has 0 aliphatic carbocycles. The number of benzene rings is 1. The summed E-state index contributed by atoms with van der Waals surface area (Å²) >= 11 is 5.79. The molecular weight excluding hydrogens is 400 g/mol. The summed E-state index contributed by atoms with van der Waals surface area (Å²) in [4.78, 5) is 5.70. The molecular formula is C19H21ClF4N2O2. The molecule has 9 heteroatoms. The number of hydrogen-bond donors (Lipinski definition) is 2. The Bertz CT molecular complexity index is 871. The summed E-state index contributed by atoms with van der Waals surface area (Å²) in [6, 6.07) is 6.29. The minimum absolute atomic E-state index is 0.0560. The SMILES string of the molecule is CN(C)C(C)(C)c1cc(-c2ccc(F)c(Cl)c2)nc(C(O)(CO)C(F)(F)F)c1. The predicted octanol–water partition coefficient (Wildman–Crippen LogP) is 4.08. The number of alkyl halides is 3. The second-order valence-electron chi connectivity index (χ2n) is 7.22. The van der Waals surface area contributed by atoms with Crippen molar-refractivity contribution < 1.29 is 27.8 Å². The van der Waals surface area contributed by atoms with Crippen LogP contribution in [0, 0.1) is 5.82 Å². The van der Waals surface area contributed by atoms with E-state index in [1.165, 1.54) is 12.1 Å². The van der Waals surface area contributed by atoms with E-state index in [0.29, 0.717) is 5.56 Å². The van der Waals surface area contributed by atoms with E-state index in [4.69, 9.17) is 11.6 Å². The standard InChI is InChI=1S/C19H21ClF4N2O2/c1-17(2,26(3)4)12-8-15(11-5-6-14(21)13(20)7-11)25-16(9-12)18(28,10-27)19(22,23)24/h5-9,27-28H,10H2,1-4H3. The second kappa shape index (κ2) is 7.59. The van der Waals surface area contributed by atoms with Crippen LogP contribution < -0.4 is 0 Å². The van der Waals surface area contributed by atoms with Gasteiger partial charge in [-0.3, -0.25) is 0 Å². The summed E-state index contributed by atoms with van der Waals surface area (Å²) < 4.78 is 54.0. The Morgan fingerprint density at radius 2 is 1.71 bits per heavy atom. The lowest BCUT2D eigenvalue weighted by Crippen LogP contribution is -2.46. The van der Waals surface area contributed by atoms with E-state index in [-0.39, 0.29) is 16.3 Å². The molecule has 0 bridgehead atoms. The van der Waals surface area contributed by atoms with Gasteiger partial charge in [-0.2, -0.15) is 13.2 Å².